The van der Waals surface area contributed by atoms with Gasteiger partial charge in [-0.3, -0.25) is 5.41 Å². The standard InChI is InChI=1S/C7H6F2N2S/c8-5-2-1-4(3-6(5)9)12-7(10)11/h1-3H,(H3,10,11). The summed E-state index contributed by atoms with van der Waals surface area (Å²) in [5.74, 6) is -1.83. The van der Waals surface area contributed by atoms with Crippen LogP contribution in [0.5, 0.6) is 0 Å². The molecule has 0 aromatic heterocycles. The Hall–Kier alpha value is -1.10. The summed E-state index contributed by atoms with van der Waals surface area (Å²) in [4.78, 5) is 0.418. The zero-order chi connectivity index (χ0) is 9.14. The van der Waals surface area contributed by atoms with Crippen LogP contribution in [0.1, 0.15) is 0 Å². The Kier molecular flexibility index (Phi) is 2.65. The number of benzene rings is 1. The first kappa shape index (κ1) is 8.99. The molecule has 12 heavy (non-hydrogen) atoms. The van der Waals surface area contributed by atoms with Gasteiger partial charge in [-0.2, -0.15) is 0 Å². The predicted molar refractivity (Wildman–Crippen MR) is 44.1 cm³/mol. The van der Waals surface area contributed by atoms with Crippen LogP contribution in [0.2, 0.25) is 0 Å². The van der Waals surface area contributed by atoms with E-state index in [9.17, 15) is 8.78 Å². The Morgan fingerprint density at radius 1 is 1.33 bits per heavy atom. The van der Waals surface area contributed by atoms with E-state index in [1.807, 2.05) is 0 Å². The summed E-state index contributed by atoms with van der Waals surface area (Å²) in [7, 11) is 0. The van der Waals surface area contributed by atoms with E-state index in [0.717, 1.165) is 23.9 Å². The van der Waals surface area contributed by atoms with Crippen molar-refractivity contribution in [2.75, 3.05) is 0 Å². The normalized spacial score (nSPS) is 9.83. The molecule has 0 amide bonds. The van der Waals surface area contributed by atoms with E-state index in [0.29, 0.717) is 4.90 Å². The van der Waals surface area contributed by atoms with E-state index in [4.69, 9.17) is 11.1 Å². The lowest BCUT2D eigenvalue weighted by atomic mass is 10.3. The van der Waals surface area contributed by atoms with Crippen molar-refractivity contribution in [1.29, 1.82) is 5.41 Å². The SMILES string of the molecule is N=C(N)Sc1ccc(F)c(F)c1. The van der Waals surface area contributed by atoms with Gasteiger partial charge in [-0.25, -0.2) is 8.78 Å². The minimum atomic E-state index is -0.929. The van der Waals surface area contributed by atoms with Crippen LogP contribution in [0.15, 0.2) is 23.1 Å². The van der Waals surface area contributed by atoms with Crippen molar-refractivity contribution in [3.05, 3.63) is 29.8 Å². The lowest BCUT2D eigenvalue weighted by molar-refractivity contribution is 0.506. The third-order valence-electron chi connectivity index (χ3n) is 1.12. The Labute approximate surface area is 72.3 Å². The molecule has 0 spiro atoms. The van der Waals surface area contributed by atoms with Gasteiger partial charge < -0.3 is 5.73 Å². The number of hydrogen-bond acceptors (Lipinski definition) is 2. The van der Waals surface area contributed by atoms with Gasteiger partial charge in [-0.15, -0.1) is 0 Å². The molecule has 0 aliphatic heterocycles. The minimum absolute atomic E-state index is 0.152. The molecule has 2 nitrogen and oxygen atoms in total. The highest BCUT2D eigenvalue weighted by atomic mass is 32.2. The van der Waals surface area contributed by atoms with E-state index in [1.165, 1.54) is 6.07 Å². The summed E-state index contributed by atoms with van der Waals surface area (Å²) in [6, 6.07) is 3.37. The smallest absolute Gasteiger partial charge is 0.159 e. The molecule has 0 aliphatic rings. The number of rotatable bonds is 1. The minimum Gasteiger partial charge on any atom is -0.378 e. The van der Waals surface area contributed by atoms with Gasteiger partial charge >= 0.3 is 0 Å². The average molecular weight is 188 g/mol. The van der Waals surface area contributed by atoms with E-state index < -0.39 is 11.6 Å². The highest BCUT2D eigenvalue weighted by Gasteiger charge is 2.03. The van der Waals surface area contributed by atoms with Crippen molar-refractivity contribution in [2.45, 2.75) is 4.90 Å². The summed E-state index contributed by atoms with van der Waals surface area (Å²) in [5.41, 5.74) is 5.04. The summed E-state index contributed by atoms with van der Waals surface area (Å²) in [5, 5.41) is 6.73. The molecule has 64 valence electrons. The molecular formula is C7H6F2N2S. The van der Waals surface area contributed by atoms with Crippen molar-refractivity contribution in [3.8, 4) is 0 Å². The molecule has 0 radical (unpaired) electrons. The third-order valence-corrected chi connectivity index (χ3v) is 1.83. The highest BCUT2D eigenvalue weighted by molar-refractivity contribution is 8.13. The zero-order valence-electron chi connectivity index (χ0n) is 5.97. The zero-order valence-corrected chi connectivity index (χ0v) is 6.79. The second-order valence-corrected chi connectivity index (χ2v) is 3.16. The van der Waals surface area contributed by atoms with Gasteiger partial charge in [0.1, 0.15) is 0 Å². The number of nitrogens with two attached hydrogens (primary N) is 1. The Bertz CT molecular complexity index is 314. The number of amidine groups is 1. The van der Waals surface area contributed by atoms with E-state index in [1.54, 1.807) is 0 Å². The van der Waals surface area contributed by atoms with E-state index in [2.05, 4.69) is 0 Å². The first-order chi connectivity index (χ1) is 5.59. The maximum absolute atomic E-state index is 12.5. The first-order valence-corrected chi connectivity index (χ1v) is 3.88. The average Bonchev–Trinajstić information content (AvgIpc) is 1.96. The lowest BCUT2D eigenvalue weighted by Gasteiger charge is -1.98. The summed E-state index contributed by atoms with van der Waals surface area (Å²) in [6.07, 6.45) is 0. The van der Waals surface area contributed by atoms with Gasteiger partial charge in [0, 0.05) is 4.90 Å². The Morgan fingerprint density at radius 2 is 2.00 bits per heavy atom. The molecule has 0 fully saturated rings. The second-order valence-electron chi connectivity index (χ2n) is 2.04. The topological polar surface area (TPSA) is 49.9 Å². The molecule has 0 unspecified atom stereocenters. The molecule has 5 heteroatoms. The quantitative estimate of drug-likeness (QED) is 0.402. The summed E-state index contributed by atoms with van der Waals surface area (Å²) < 4.78 is 24.9. The second kappa shape index (κ2) is 3.53. The summed E-state index contributed by atoms with van der Waals surface area (Å²) >= 11 is 0.876. The number of hydrogen-bond donors (Lipinski definition) is 2. The van der Waals surface area contributed by atoms with E-state index in [-0.39, 0.29) is 5.17 Å². The molecular weight excluding hydrogens is 182 g/mol. The molecule has 0 bridgehead atoms. The fourth-order valence-electron chi connectivity index (χ4n) is 0.667. The first-order valence-electron chi connectivity index (χ1n) is 3.06. The number of nitrogens with one attached hydrogen (secondary N) is 1. The van der Waals surface area contributed by atoms with Gasteiger partial charge in [0.15, 0.2) is 16.8 Å². The largest absolute Gasteiger partial charge is 0.378 e. The third kappa shape index (κ3) is 2.20. The van der Waals surface area contributed by atoms with Crippen LogP contribution in [-0.4, -0.2) is 5.17 Å². The molecule has 1 aromatic carbocycles. The van der Waals surface area contributed by atoms with Crippen molar-refractivity contribution in [3.63, 3.8) is 0 Å². The predicted octanol–water partition coefficient (Wildman–Crippen LogP) is 1.95. The molecule has 0 heterocycles. The molecule has 0 aliphatic carbocycles. The Balaban J connectivity index is 2.89. The maximum Gasteiger partial charge on any atom is 0.159 e. The molecule has 0 atom stereocenters. The fraction of sp³-hybridized carbons (Fsp3) is 0. The van der Waals surface area contributed by atoms with Gasteiger partial charge in [-0.1, -0.05) is 11.8 Å². The lowest BCUT2D eigenvalue weighted by Crippen LogP contribution is -2.03. The van der Waals surface area contributed by atoms with Crippen molar-refractivity contribution < 1.29 is 8.78 Å². The van der Waals surface area contributed by atoms with Crippen LogP contribution in [0, 0.1) is 17.0 Å². The van der Waals surface area contributed by atoms with Crippen LogP contribution in [0.25, 0.3) is 0 Å². The number of halogens is 2. The van der Waals surface area contributed by atoms with Crippen LogP contribution in [0.3, 0.4) is 0 Å². The van der Waals surface area contributed by atoms with Crippen LogP contribution in [-0.2, 0) is 0 Å². The van der Waals surface area contributed by atoms with Crippen molar-refractivity contribution in [2.24, 2.45) is 5.73 Å². The number of thioether (sulfide) groups is 1. The van der Waals surface area contributed by atoms with Crippen molar-refractivity contribution >= 4 is 16.9 Å². The van der Waals surface area contributed by atoms with Gasteiger partial charge in [0.2, 0.25) is 0 Å². The maximum atomic E-state index is 12.5. The molecule has 1 rings (SSSR count). The monoisotopic (exact) mass is 188 g/mol. The molecule has 0 saturated heterocycles. The summed E-state index contributed by atoms with van der Waals surface area (Å²) in [6.45, 7) is 0. The van der Waals surface area contributed by atoms with Gasteiger partial charge in [0.05, 0.1) is 0 Å². The molecule has 0 saturated carbocycles. The van der Waals surface area contributed by atoms with Gasteiger partial charge in [-0.05, 0) is 18.2 Å². The van der Waals surface area contributed by atoms with Crippen LogP contribution in [0.4, 0.5) is 8.78 Å². The molecule has 3 N–H and O–H groups in total. The van der Waals surface area contributed by atoms with Crippen molar-refractivity contribution in [1.82, 2.24) is 0 Å². The fourth-order valence-corrected chi connectivity index (χ4v) is 1.22. The van der Waals surface area contributed by atoms with Gasteiger partial charge in [0.25, 0.3) is 0 Å². The van der Waals surface area contributed by atoms with E-state index >= 15 is 0 Å². The molecule has 1 aromatic rings. The van der Waals surface area contributed by atoms with Crippen LogP contribution >= 0.6 is 11.8 Å². The Morgan fingerprint density at radius 3 is 2.50 bits per heavy atom. The van der Waals surface area contributed by atoms with Crippen LogP contribution < -0.4 is 5.73 Å². The highest BCUT2D eigenvalue weighted by Crippen LogP contribution is 2.19.